The van der Waals surface area contributed by atoms with Crippen LogP contribution >= 0.6 is 0 Å². The van der Waals surface area contributed by atoms with Crippen LogP contribution in [0.15, 0.2) is 36.5 Å². The molecule has 0 bridgehead atoms. The van der Waals surface area contributed by atoms with E-state index in [9.17, 15) is 13.2 Å². The van der Waals surface area contributed by atoms with Crippen LogP contribution in [0.25, 0.3) is 5.78 Å². The van der Waals surface area contributed by atoms with Crippen LogP contribution in [0.1, 0.15) is 22.6 Å². The van der Waals surface area contributed by atoms with Gasteiger partial charge in [0, 0.05) is 11.8 Å². The van der Waals surface area contributed by atoms with Crippen molar-refractivity contribution in [2.45, 2.75) is 26.6 Å². The van der Waals surface area contributed by atoms with Crippen molar-refractivity contribution in [1.29, 1.82) is 0 Å². The zero-order chi connectivity index (χ0) is 16.6. The number of halogens is 3. The van der Waals surface area contributed by atoms with Crippen molar-refractivity contribution in [2.75, 3.05) is 5.32 Å². The smallest absolute Gasteiger partial charge is 0.378 e. The average molecular weight is 321 g/mol. The number of nitrogens with one attached hydrogen (secondary N) is 2. The number of nitrogens with zero attached hydrogens (tertiary/aromatic N) is 2. The first-order valence-corrected chi connectivity index (χ1v) is 7.11. The monoisotopic (exact) mass is 321 g/mol. The lowest BCUT2D eigenvalue weighted by atomic mass is 10.2. The summed E-state index contributed by atoms with van der Waals surface area (Å²) in [6.45, 7) is 4.26. The molecule has 0 fully saturated rings. The van der Waals surface area contributed by atoms with Crippen LogP contribution in [0.3, 0.4) is 0 Å². The fourth-order valence-corrected chi connectivity index (χ4v) is 2.47. The Bertz CT molecular complexity index is 852. The SMILES string of the molecule is Cc1cc(C)[n+]2cc(CNc3cccc(C(F)(F)F)c3)[nH]c2n1. The van der Waals surface area contributed by atoms with Gasteiger partial charge in [-0.1, -0.05) is 11.1 Å². The number of hydrogen-bond acceptors (Lipinski definition) is 2. The van der Waals surface area contributed by atoms with Gasteiger partial charge in [0.1, 0.15) is 17.6 Å². The molecule has 0 saturated heterocycles. The van der Waals surface area contributed by atoms with Crippen molar-refractivity contribution >= 4 is 11.5 Å². The second-order valence-corrected chi connectivity index (χ2v) is 5.44. The summed E-state index contributed by atoms with van der Waals surface area (Å²) in [7, 11) is 0. The lowest BCUT2D eigenvalue weighted by molar-refractivity contribution is -0.520. The van der Waals surface area contributed by atoms with Gasteiger partial charge in [0.05, 0.1) is 17.8 Å². The van der Waals surface area contributed by atoms with Gasteiger partial charge in [0.25, 0.3) is 0 Å². The Kier molecular flexibility index (Phi) is 3.71. The molecule has 0 atom stereocenters. The molecule has 0 aliphatic heterocycles. The van der Waals surface area contributed by atoms with Crippen LogP contribution in [-0.4, -0.2) is 9.97 Å². The summed E-state index contributed by atoms with van der Waals surface area (Å²) in [5, 5.41) is 3.00. The molecule has 23 heavy (non-hydrogen) atoms. The Morgan fingerprint density at radius 2 is 2.00 bits per heavy atom. The summed E-state index contributed by atoms with van der Waals surface area (Å²) >= 11 is 0. The normalized spacial score (nSPS) is 11.9. The van der Waals surface area contributed by atoms with Crippen LogP contribution in [0, 0.1) is 13.8 Å². The van der Waals surface area contributed by atoms with E-state index in [2.05, 4.69) is 15.3 Å². The number of alkyl halides is 3. The quantitative estimate of drug-likeness (QED) is 0.726. The first-order chi connectivity index (χ1) is 10.8. The number of imidazole rings is 1. The molecule has 1 aromatic carbocycles. The molecule has 0 amide bonds. The summed E-state index contributed by atoms with van der Waals surface area (Å²) in [6.07, 6.45) is -2.45. The summed E-state index contributed by atoms with van der Waals surface area (Å²) in [5.41, 5.74) is 2.53. The molecule has 0 unspecified atom stereocenters. The largest absolute Gasteiger partial charge is 0.416 e. The number of anilines is 1. The molecule has 120 valence electrons. The molecular formula is C16H16F3N4+. The number of aromatic amines is 1. The maximum atomic E-state index is 12.7. The minimum atomic E-state index is -4.34. The lowest BCUT2D eigenvalue weighted by Crippen LogP contribution is -2.24. The molecule has 0 aliphatic rings. The van der Waals surface area contributed by atoms with Gasteiger partial charge < -0.3 is 5.32 Å². The molecular weight excluding hydrogens is 305 g/mol. The molecule has 0 radical (unpaired) electrons. The van der Waals surface area contributed by atoms with Crippen molar-refractivity contribution in [3.8, 4) is 0 Å². The average Bonchev–Trinajstić information content (AvgIpc) is 2.88. The minimum absolute atomic E-state index is 0.378. The van der Waals surface area contributed by atoms with E-state index < -0.39 is 11.7 Å². The van der Waals surface area contributed by atoms with Gasteiger partial charge in [-0.2, -0.15) is 13.2 Å². The van der Waals surface area contributed by atoms with Crippen LogP contribution in [0.5, 0.6) is 0 Å². The zero-order valence-corrected chi connectivity index (χ0v) is 12.7. The molecule has 3 rings (SSSR count). The minimum Gasteiger partial charge on any atom is -0.378 e. The van der Waals surface area contributed by atoms with Gasteiger partial charge in [-0.05, 0) is 32.0 Å². The molecule has 4 nitrogen and oxygen atoms in total. The van der Waals surface area contributed by atoms with E-state index in [4.69, 9.17) is 0 Å². The van der Waals surface area contributed by atoms with Crippen molar-refractivity contribution in [2.24, 2.45) is 0 Å². The van der Waals surface area contributed by atoms with Gasteiger partial charge >= 0.3 is 12.0 Å². The Hall–Kier alpha value is -2.57. The molecule has 0 aliphatic carbocycles. The first-order valence-electron chi connectivity index (χ1n) is 7.11. The zero-order valence-electron chi connectivity index (χ0n) is 12.7. The number of aromatic nitrogens is 3. The van der Waals surface area contributed by atoms with Gasteiger partial charge in [-0.15, -0.1) is 0 Å². The maximum Gasteiger partial charge on any atom is 0.416 e. The number of fused-ring (bicyclic) bond motifs is 1. The van der Waals surface area contributed by atoms with Crippen LogP contribution < -0.4 is 9.72 Å². The first kappa shape index (κ1) is 15.3. The second kappa shape index (κ2) is 5.57. The van der Waals surface area contributed by atoms with Crippen molar-refractivity contribution < 1.29 is 17.6 Å². The van der Waals surface area contributed by atoms with E-state index in [1.807, 2.05) is 30.5 Å². The third kappa shape index (κ3) is 3.28. The number of H-pyrrole nitrogens is 1. The van der Waals surface area contributed by atoms with Crippen molar-refractivity contribution in [3.05, 3.63) is 59.2 Å². The van der Waals surface area contributed by atoms with E-state index in [1.54, 1.807) is 6.07 Å². The van der Waals surface area contributed by atoms with Crippen molar-refractivity contribution in [1.82, 2.24) is 9.97 Å². The number of aryl methyl sites for hydroxylation is 2. The van der Waals surface area contributed by atoms with E-state index in [1.165, 1.54) is 6.07 Å². The topological polar surface area (TPSA) is 44.8 Å². The second-order valence-electron chi connectivity index (χ2n) is 5.44. The molecule has 0 spiro atoms. The molecule has 7 heteroatoms. The van der Waals surface area contributed by atoms with Gasteiger partial charge in [0.2, 0.25) is 0 Å². The van der Waals surface area contributed by atoms with E-state index in [-0.39, 0.29) is 0 Å². The third-order valence-corrected chi connectivity index (χ3v) is 3.54. The predicted octanol–water partition coefficient (Wildman–Crippen LogP) is 3.40. The van der Waals surface area contributed by atoms with E-state index >= 15 is 0 Å². The summed E-state index contributed by atoms with van der Waals surface area (Å²) in [6, 6.07) is 7.12. The molecule has 0 saturated carbocycles. The maximum absolute atomic E-state index is 12.7. The fourth-order valence-electron chi connectivity index (χ4n) is 2.47. The standard InChI is InChI=1S/C16H15F3N4/c1-10-6-11(2)23-9-14(22-15(23)21-10)8-20-13-5-3-4-12(7-13)16(17,18)19/h3-7,9,20H,8H2,1-2H3/p+1. The summed E-state index contributed by atoms with van der Waals surface area (Å²) in [5.74, 6) is 0.711. The Morgan fingerprint density at radius 3 is 2.74 bits per heavy atom. The highest BCUT2D eigenvalue weighted by molar-refractivity contribution is 5.46. The number of rotatable bonds is 3. The van der Waals surface area contributed by atoms with Gasteiger partial charge in [-0.3, -0.25) is 0 Å². The molecule has 3 aromatic rings. The van der Waals surface area contributed by atoms with E-state index in [0.29, 0.717) is 18.0 Å². The molecule has 2 aromatic heterocycles. The van der Waals surface area contributed by atoms with E-state index in [0.717, 1.165) is 29.2 Å². The third-order valence-electron chi connectivity index (χ3n) is 3.54. The van der Waals surface area contributed by atoms with Gasteiger partial charge in [0.15, 0.2) is 0 Å². The summed E-state index contributed by atoms with van der Waals surface area (Å²) in [4.78, 5) is 7.55. The molecule has 2 N–H and O–H groups in total. The molecule has 2 heterocycles. The Balaban J connectivity index is 1.80. The fraction of sp³-hybridized carbons (Fsp3) is 0.250. The van der Waals surface area contributed by atoms with Gasteiger partial charge in [-0.25, -0.2) is 9.38 Å². The van der Waals surface area contributed by atoms with Crippen molar-refractivity contribution in [3.63, 3.8) is 0 Å². The highest BCUT2D eigenvalue weighted by Gasteiger charge is 2.30. The van der Waals surface area contributed by atoms with Crippen LogP contribution in [-0.2, 0) is 12.7 Å². The Labute approximate surface area is 131 Å². The van der Waals surface area contributed by atoms with Crippen LogP contribution in [0.4, 0.5) is 18.9 Å². The number of benzene rings is 1. The van der Waals surface area contributed by atoms with Crippen LogP contribution in [0.2, 0.25) is 0 Å². The highest BCUT2D eigenvalue weighted by Crippen LogP contribution is 2.30. The summed E-state index contributed by atoms with van der Waals surface area (Å²) < 4.78 is 40.0. The highest BCUT2D eigenvalue weighted by atomic mass is 19.4. The Morgan fingerprint density at radius 1 is 1.22 bits per heavy atom. The predicted molar refractivity (Wildman–Crippen MR) is 80.0 cm³/mol. The number of hydrogen-bond donors (Lipinski definition) is 2. The lowest BCUT2D eigenvalue weighted by Gasteiger charge is -2.09.